The molecule has 0 aliphatic heterocycles. The van der Waals surface area contributed by atoms with Crippen LogP contribution < -0.4 is 10.6 Å². The van der Waals surface area contributed by atoms with Gasteiger partial charge in [-0.05, 0) is 39.5 Å². The summed E-state index contributed by atoms with van der Waals surface area (Å²) >= 11 is 0. The Morgan fingerprint density at radius 3 is 2.67 bits per heavy atom. The van der Waals surface area contributed by atoms with Gasteiger partial charge in [0, 0.05) is 5.92 Å². The maximum Gasteiger partial charge on any atom is 0.323 e. The number of rotatable bonds is 4. The van der Waals surface area contributed by atoms with Crippen molar-refractivity contribution in [1.29, 1.82) is 0 Å². The molecule has 2 fully saturated rings. The predicted octanol–water partition coefficient (Wildman–Crippen LogP) is 4.12. The smallest absolute Gasteiger partial charge is 0.323 e. The molecule has 128 valence electrons. The molecule has 0 unspecified atom stereocenters. The second-order valence-corrected chi connectivity index (χ2v) is 6.89. The maximum atomic E-state index is 12.4. The highest BCUT2D eigenvalue weighted by atomic mass is 16.5. The number of nitrogens with one attached hydrogen (secondary N) is 2. The first-order valence-electron chi connectivity index (χ1n) is 8.71. The van der Waals surface area contributed by atoms with Crippen LogP contribution >= 0.6 is 0 Å². The van der Waals surface area contributed by atoms with Gasteiger partial charge in [0.1, 0.15) is 11.4 Å². The summed E-state index contributed by atoms with van der Waals surface area (Å²) in [5.41, 5.74) is 3.17. The van der Waals surface area contributed by atoms with Crippen LogP contribution in [0.4, 0.5) is 16.2 Å². The summed E-state index contributed by atoms with van der Waals surface area (Å²) in [6, 6.07) is 0.183. The van der Waals surface area contributed by atoms with Gasteiger partial charge in [0.25, 0.3) is 0 Å². The third-order valence-electron chi connectivity index (χ3n) is 5.04. The summed E-state index contributed by atoms with van der Waals surface area (Å²) in [6.07, 6.45) is 8.76. The first-order chi connectivity index (χ1) is 11.6. The molecule has 2 aliphatic rings. The average molecular weight is 329 g/mol. The first-order valence-corrected chi connectivity index (χ1v) is 8.71. The molecule has 0 spiro atoms. The highest BCUT2D eigenvalue weighted by Gasteiger charge is 2.32. The zero-order chi connectivity index (χ0) is 16.7. The Balaban J connectivity index is 1.46. The van der Waals surface area contributed by atoms with Gasteiger partial charge in [-0.1, -0.05) is 18.0 Å². The number of carbonyl (C=O) groups excluding carboxylic acids is 1. The third-order valence-corrected chi connectivity index (χ3v) is 5.04. The molecule has 4 rings (SSSR count). The summed E-state index contributed by atoms with van der Waals surface area (Å²) in [5, 5.41) is 14.2. The minimum absolute atomic E-state index is 0.280. The minimum atomic E-state index is -0.280. The third kappa shape index (κ3) is 2.79. The quantitative estimate of drug-likeness (QED) is 0.883. The van der Waals surface area contributed by atoms with Crippen LogP contribution in [0, 0.1) is 13.8 Å². The number of amides is 2. The Morgan fingerprint density at radius 1 is 1.21 bits per heavy atom. The molecule has 7 nitrogen and oxygen atoms in total. The lowest BCUT2D eigenvalue weighted by Gasteiger charge is -2.13. The predicted molar refractivity (Wildman–Crippen MR) is 90.3 cm³/mol. The SMILES string of the molecule is Cc1noc(C2CC2)c1NC(=O)Nc1cnn(C2CCCC2)c1C. The van der Waals surface area contributed by atoms with Crippen molar-refractivity contribution in [3.8, 4) is 0 Å². The van der Waals surface area contributed by atoms with Crippen molar-refractivity contribution in [3.63, 3.8) is 0 Å². The van der Waals surface area contributed by atoms with Crippen molar-refractivity contribution >= 4 is 17.4 Å². The minimum Gasteiger partial charge on any atom is -0.359 e. The standard InChI is InChI=1S/C17H23N5O2/c1-10-15(16(24-21-10)12-7-8-12)20-17(23)19-14-9-18-22(11(14)2)13-5-3-4-6-13/h9,12-13H,3-8H2,1-2H3,(H2,19,20,23). The van der Waals surface area contributed by atoms with Crippen molar-refractivity contribution in [2.75, 3.05) is 10.6 Å². The molecule has 0 bridgehead atoms. The van der Waals surface area contributed by atoms with E-state index in [-0.39, 0.29) is 6.03 Å². The number of hydrogen-bond donors (Lipinski definition) is 2. The molecular weight excluding hydrogens is 306 g/mol. The van der Waals surface area contributed by atoms with Gasteiger partial charge in [0.05, 0.1) is 23.6 Å². The van der Waals surface area contributed by atoms with Gasteiger partial charge in [-0.3, -0.25) is 4.68 Å². The Labute approximate surface area is 140 Å². The van der Waals surface area contributed by atoms with Crippen molar-refractivity contribution < 1.29 is 9.32 Å². The van der Waals surface area contributed by atoms with E-state index in [0.29, 0.717) is 23.3 Å². The van der Waals surface area contributed by atoms with Gasteiger partial charge in [-0.2, -0.15) is 5.10 Å². The lowest BCUT2D eigenvalue weighted by molar-refractivity contribution is 0.262. The molecule has 2 aliphatic carbocycles. The van der Waals surface area contributed by atoms with Crippen molar-refractivity contribution in [1.82, 2.24) is 14.9 Å². The molecule has 0 atom stereocenters. The van der Waals surface area contributed by atoms with Gasteiger partial charge in [0.15, 0.2) is 5.76 Å². The largest absolute Gasteiger partial charge is 0.359 e. The average Bonchev–Trinajstić information content (AvgIpc) is 2.96. The van der Waals surface area contributed by atoms with Crippen LogP contribution in [0.25, 0.3) is 0 Å². The normalized spacial score (nSPS) is 18.1. The summed E-state index contributed by atoms with van der Waals surface area (Å²) in [4.78, 5) is 12.4. The Hall–Kier alpha value is -2.31. The highest BCUT2D eigenvalue weighted by Crippen LogP contribution is 2.44. The molecule has 0 aromatic carbocycles. The van der Waals surface area contributed by atoms with Crippen LogP contribution in [0.15, 0.2) is 10.7 Å². The van der Waals surface area contributed by atoms with Crippen LogP contribution in [0.1, 0.15) is 67.6 Å². The van der Waals surface area contributed by atoms with Crippen LogP contribution in [-0.4, -0.2) is 21.0 Å². The lowest BCUT2D eigenvalue weighted by Crippen LogP contribution is -2.20. The van der Waals surface area contributed by atoms with Gasteiger partial charge >= 0.3 is 6.03 Å². The van der Waals surface area contributed by atoms with E-state index in [1.54, 1.807) is 6.20 Å². The molecule has 2 aromatic rings. The number of nitrogens with zero attached hydrogens (tertiary/aromatic N) is 3. The summed E-state index contributed by atoms with van der Waals surface area (Å²) < 4.78 is 7.40. The number of aromatic nitrogens is 3. The number of urea groups is 1. The van der Waals surface area contributed by atoms with E-state index < -0.39 is 0 Å². The second-order valence-electron chi connectivity index (χ2n) is 6.89. The first kappa shape index (κ1) is 15.2. The van der Waals surface area contributed by atoms with E-state index in [1.165, 1.54) is 25.7 Å². The van der Waals surface area contributed by atoms with Crippen LogP contribution in [0.2, 0.25) is 0 Å². The topological polar surface area (TPSA) is 85.0 Å². The second kappa shape index (κ2) is 5.96. The fourth-order valence-corrected chi connectivity index (χ4v) is 3.49. The molecule has 24 heavy (non-hydrogen) atoms. The van der Waals surface area contributed by atoms with Gasteiger partial charge < -0.3 is 15.2 Å². The van der Waals surface area contributed by atoms with Crippen LogP contribution in [-0.2, 0) is 0 Å². The van der Waals surface area contributed by atoms with Gasteiger partial charge in [-0.15, -0.1) is 0 Å². The molecular formula is C17H23N5O2. The van der Waals surface area contributed by atoms with Crippen LogP contribution in [0.3, 0.4) is 0 Å². The Bertz CT molecular complexity index is 753. The van der Waals surface area contributed by atoms with Gasteiger partial charge in [-0.25, -0.2) is 4.79 Å². The number of aryl methyl sites for hydroxylation is 1. The van der Waals surface area contributed by atoms with E-state index in [4.69, 9.17) is 4.52 Å². The van der Waals surface area contributed by atoms with E-state index >= 15 is 0 Å². The summed E-state index contributed by atoms with van der Waals surface area (Å²) in [6.45, 7) is 3.84. The molecule has 2 amide bonds. The van der Waals surface area contributed by atoms with Crippen molar-refractivity contribution in [2.24, 2.45) is 0 Å². The molecule has 2 saturated carbocycles. The maximum absolute atomic E-state index is 12.4. The summed E-state index contributed by atoms with van der Waals surface area (Å²) in [7, 11) is 0. The fraction of sp³-hybridized carbons (Fsp3) is 0.588. The zero-order valence-corrected chi connectivity index (χ0v) is 14.1. The number of anilines is 2. The van der Waals surface area contributed by atoms with Gasteiger partial charge in [0.2, 0.25) is 0 Å². The Kier molecular flexibility index (Phi) is 3.78. The molecule has 2 heterocycles. The van der Waals surface area contributed by atoms with E-state index in [9.17, 15) is 4.79 Å². The number of hydrogen-bond acceptors (Lipinski definition) is 4. The molecule has 7 heteroatoms. The van der Waals surface area contributed by atoms with E-state index in [2.05, 4.69) is 20.9 Å². The molecule has 2 aromatic heterocycles. The van der Waals surface area contributed by atoms with Crippen molar-refractivity contribution in [2.45, 2.75) is 64.3 Å². The number of carbonyl (C=O) groups is 1. The monoisotopic (exact) mass is 329 g/mol. The van der Waals surface area contributed by atoms with Crippen molar-refractivity contribution in [3.05, 3.63) is 23.3 Å². The summed E-state index contributed by atoms with van der Waals surface area (Å²) in [5.74, 6) is 1.19. The molecule has 0 saturated heterocycles. The zero-order valence-electron chi connectivity index (χ0n) is 14.1. The highest BCUT2D eigenvalue weighted by molar-refractivity contribution is 6.00. The molecule has 0 radical (unpaired) electrons. The lowest BCUT2D eigenvalue weighted by atomic mass is 10.2. The van der Waals surface area contributed by atoms with E-state index in [0.717, 1.165) is 30.0 Å². The van der Waals surface area contributed by atoms with E-state index in [1.807, 2.05) is 18.5 Å². The van der Waals surface area contributed by atoms with Crippen LogP contribution in [0.5, 0.6) is 0 Å². The Morgan fingerprint density at radius 2 is 1.96 bits per heavy atom. The fourth-order valence-electron chi connectivity index (χ4n) is 3.49. The molecule has 2 N–H and O–H groups in total.